The minimum atomic E-state index is 0.204. The van der Waals surface area contributed by atoms with Crippen molar-refractivity contribution in [2.75, 3.05) is 13.7 Å². The van der Waals surface area contributed by atoms with Crippen LogP contribution in [0.2, 0.25) is 0 Å². The Morgan fingerprint density at radius 2 is 2.08 bits per heavy atom. The first-order valence-corrected chi connectivity index (χ1v) is 4.42. The minimum Gasteiger partial charge on any atom is -0.387 e. The molecule has 0 bridgehead atoms. The molecule has 0 heterocycles. The van der Waals surface area contributed by atoms with E-state index in [0.717, 1.165) is 6.42 Å². The summed E-state index contributed by atoms with van der Waals surface area (Å²) in [7, 11) is 1.69. The number of nitrogens with zero attached hydrogens (tertiary/aromatic N) is 1. The molecule has 0 saturated carbocycles. The van der Waals surface area contributed by atoms with E-state index < -0.39 is 0 Å². The summed E-state index contributed by atoms with van der Waals surface area (Å²) in [6.07, 6.45) is 0.812. The van der Waals surface area contributed by atoms with Gasteiger partial charge in [-0.3, -0.25) is 4.99 Å². The molecule has 72 valence electrons. The lowest BCUT2D eigenvalue weighted by Gasteiger charge is -2.15. The van der Waals surface area contributed by atoms with E-state index in [1.54, 1.807) is 7.11 Å². The highest BCUT2D eigenvalue weighted by molar-refractivity contribution is 5.80. The highest BCUT2D eigenvalue weighted by Crippen LogP contribution is 2.06. The Balaban J connectivity index is 4.11. The first-order valence-electron chi connectivity index (χ1n) is 4.42. The van der Waals surface area contributed by atoms with E-state index in [-0.39, 0.29) is 6.04 Å². The molecule has 0 aliphatic rings. The zero-order valence-electron chi connectivity index (χ0n) is 8.50. The van der Waals surface area contributed by atoms with Gasteiger partial charge in [-0.15, -0.1) is 0 Å². The van der Waals surface area contributed by atoms with E-state index in [1.165, 1.54) is 0 Å². The van der Waals surface area contributed by atoms with Crippen molar-refractivity contribution in [2.45, 2.75) is 33.2 Å². The van der Waals surface area contributed by atoms with Crippen molar-refractivity contribution in [2.24, 2.45) is 16.6 Å². The predicted molar refractivity (Wildman–Crippen MR) is 52.4 cm³/mol. The first-order chi connectivity index (χ1) is 5.61. The molecule has 0 saturated heterocycles. The molecule has 0 aliphatic heterocycles. The van der Waals surface area contributed by atoms with Gasteiger partial charge in [-0.05, 0) is 5.92 Å². The summed E-state index contributed by atoms with van der Waals surface area (Å²) < 4.78 is 5.05. The van der Waals surface area contributed by atoms with Crippen LogP contribution in [-0.2, 0) is 4.74 Å². The summed E-state index contributed by atoms with van der Waals surface area (Å²) >= 11 is 0. The van der Waals surface area contributed by atoms with Crippen LogP contribution >= 0.6 is 0 Å². The second-order valence-electron chi connectivity index (χ2n) is 3.24. The maximum atomic E-state index is 5.64. The van der Waals surface area contributed by atoms with E-state index >= 15 is 0 Å². The van der Waals surface area contributed by atoms with Gasteiger partial charge in [0.1, 0.15) is 0 Å². The summed E-state index contributed by atoms with van der Waals surface area (Å²) in [4.78, 5) is 4.35. The van der Waals surface area contributed by atoms with Gasteiger partial charge in [0.05, 0.1) is 18.5 Å². The molecule has 0 aromatic heterocycles. The summed E-state index contributed by atoms with van der Waals surface area (Å²) in [6.45, 7) is 6.90. The van der Waals surface area contributed by atoms with Gasteiger partial charge in [0.2, 0.25) is 0 Å². The van der Waals surface area contributed by atoms with Crippen LogP contribution in [0, 0.1) is 5.92 Å². The van der Waals surface area contributed by atoms with Crippen molar-refractivity contribution < 1.29 is 4.74 Å². The number of nitrogens with two attached hydrogens (primary N) is 1. The second kappa shape index (κ2) is 6.00. The molecule has 3 nitrogen and oxygen atoms in total. The third-order valence-electron chi connectivity index (χ3n) is 1.80. The Bertz CT molecular complexity index is 143. The van der Waals surface area contributed by atoms with Gasteiger partial charge in [-0.2, -0.15) is 0 Å². The number of amidine groups is 1. The Labute approximate surface area is 75.0 Å². The topological polar surface area (TPSA) is 47.6 Å². The normalized spacial score (nSPS) is 15.2. The molecule has 0 rings (SSSR count). The third-order valence-corrected chi connectivity index (χ3v) is 1.80. The number of aliphatic imine (C=N–C) groups is 1. The van der Waals surface area contributed by atoms with Crippen LogP contribution in [0.5, 0.6) is 0 Å². The molecule has 1 atom stereocenters. The number of ether oxygens (including phenoxy) is 1. The fourth-order valence-electron chi connectivity index (χ4n) is 0.854. The van der Waals surface area contributed by atoms with Crippen LogP contribution in [0.3, 0.4) is 0 Å². The van der Waals surface area contributed by atoms with Crippen LogP contribution in [-0.4, -0.2) is 25.6 Å². The van der Waals surface area contributed by atoms with Gasteiger partial charge in [-0.25, -0.2) is 0 Å². The van der Waals surface area contributed by atoms with Crippen molar-refractivity contribution in [1.82, 2.24) is 0 Å². The lowest BCUT2D eigenvalue weighted by atomic mass is 10.1. The monoisotopic (exact) mass is 172 g/mol. The molecule has 2 N–H and O–H groups in total. The summed E-state index contributed by atoms with van der Waals surface area (Å²) in [6, 6.07) is 0.204. The van der Waals surface area contributed by atoms with E-state index in [4.69, 9.17) is 10.5 Å². The average Bonchev–Trinajstić information content (AvgIpc) is 2.03. The summed E-state index contributed by atoms with van der Waals surface area (Å²) in [5.74, 6) is 1.20. The Kier molecular flexibility index (Phi) is 5.72. The highest BCUT2D eigenvalue weighted by Gasteiger charge is 2.11. The number of rotatable bonds is 5. The largest absolute Gasteiger partial charge is 0.387 e. The lowest BCUT2D eigenvalue weighted by Crippen LogP contribution is -2.23. The second-order valence-corrected chi connectivity index (χ2v) is 3.24. The maximum Gasteiger partial charge on any atom is 0.0938 e. The SMILES string of the molecule is CCC(N)=NC(COC)C(C)C. The standard InChI is InChI=1S/C9H20N2O/c1-5-9(10)11-8(6-12-4)7(2)3/h7-8H,5-6H2,1-4H3,(H2,10,11). The Morgan fingerprint density at radius 1 is 1.50 bits per heavy atom. The van der Waals surface area contributed by atoms with E-state index in [1.807, 2.05) is 6.92 Å². The summed E-state index contributed by atoms with van der Waals surface area (Å²) in [5.41, 5.74) is 5.64. The molecular weight excluding hydrogens is 152 g/mol. The number of hydrogen-bond donors (Lipinski definition) is 1. The van der Waals surface area contributed by atoms with Gasteiger partial charge in [0.25, 0.3) is 0 Å². The molecule has 0 fully saturated rings. The molecule has 0 aromatic rings. The smallest absolute Gasteiger partial charge is 0.0938 e. The van der Waals surface area contributed by atoms with E-state index in [0.29, 0.717) is 18.4 Å². The Morgan fingerprint density at radius 3 is 2.42 bits per heavy atom. The van der Waals surface area contributed by atoms with E-state index in [9.17, 15) is 0 Å². The average molecular weight is 172 g/mol. The molecule has 0 amide bonds. The van der Waals surface area contributed by atoms with Crippen molar-refractivity contribution in [3.05, 3.63) is 0 Å². The highest BCUT2D eigenvalue weighted by atomic mass is 16.5. The van der Waals surface area contributed by atoms with Crippen molar-refractivity contribution >= 4 is 5.84 Å². The van der Waals surface area contributed by atoms with Crippen LogP contribution in [0.25, 0.3) is 0 Å². The molecule has 1 unspecified atom stereocenters. The fourth-order valence-corrected chi connectivity index (χ4v) is 0.854. The first kappa shape index (κ1) is 11.4. The third kappa shape index (κ3) is 4.34. The van der Waals surface area contributed by atoms with Crippen LogP contribution < -0.4 is 5.73 Å². The van der Waals surface area contributed by atoms with E-state index in [2.05, 4.69) is 18.8 Å². The van der Waals surface area contributed by atoms with Gasteiger partial charge in [0, 0.05) is 13.5 Å². The molecule has 0 spiro atoms. The van der Waals surface area contributed by atoms with Gasteiger partial charge < -0.3 is 10.5 Å². The Hall–Kier alpha value is -0.570. The van der Waals surface area contributed by atoms with Gasteiger partial charge in [0.15, 0.2) is 0 Å². The van der Waals surface area contributed by atoms with Crippen LogP contribution in [0.1, 0.15) is 27.2 Å². The predicted octanol–water partition coefficient (Wildman–Crippen LogP) is 1.42. The number of hydrogen-bond acceptors (Lipinski definition) is 2. The lowest BCUT2D eigenvalue weighted by molar-refractivity contribution is 0.165. The number of methoxy groups -OCH3 is 1. The quantitative estimate of drug-likeness (QED) is 0.503. The van der Waals surface area contributed by atoms with Crippen molar-refractivity contribution in [1.29, 1.82) is 0 Å². The fraction of sp³-hybridized carbons (Fsp3) is 0.889. The van der Waals surface area contributed by atoms with Gasteiger partial charge in [-0.1, -0.05) is 20.8 Å². The molecule has 0 aliphatic carbocycles. The molecule has 0 aromatic carbocycles. The molecule has 3 heteroatoms. The van der Waals surface area contributed by atoms with Crippen LogP contribution in [0.4, 0.5) is 0 Å². The zero-order valence-corrected chi connectivity index (χ0v) is 8.50. The molecule has 12 heavy (non-hydrogen) atoms. The molecule has 0 radical (unpaired) electrons. The van der Waals surface area contributed by atoms with Gasteiger partial charge >= 0.3 is 0 Å². The minimum absolute atomic E-state index is 0.204. The molecular formula is C9H20N2O. The van der Waals surface area contributed by atoms with Crippen molar-refractivity contribution in [3.8, 4) is 0 Å². The maximum absolute atomic E-state index is 5.64. The summed E-state index contributed by atoms with van der Waals surface area (Å²) in [5, 5.41) is 0. The zero-order chi connectivity index (χ0) is 9.56. The van der Waals surface area contributed by atoms with Crippen molar-refractivity contribution in [3.63, 3.8) is 0 Å². The van der Waals surface area contributed by atoms with Crippen LogP contribution in [0.15, 0.2) is 4.99 Å².